The Morgan fingerprint density at radius 2 is 0.516 bits per heavy atom. The number of hydrogen-bond acceptors (Lipinski definition) is 15. The van der Waals surface area contributed by atoms with E-state index in [2.05, 4.69) is 55.4 Å². The molecule has 0 saturated carbocycles. The van der Waals surface area contributed by atoms with Crippen LogP contribution in [0.15, 0.2) is 0 Å². The highest BCUT2D eigenvalue weighted by molar-refractivity contribution is 7.47. The fourth-order valence-electron chi connectivity index (χ4n) is 11.2. The molecule has 0 aromatic carbocycles. The largest absolute Gasteiger partial charge is 0.472 e. The molecular formula is C74H144O17P2. The molecule has 3 N–H and O–H groups in total. The second-order valence-electron chi connectivity index (χ2n) is 28.4. The Kier molecular flexibility index (Phi) is 62.2. The Hall–Kier alpha value is -1.94. The number of aliphatic hydroxyl groups is 1. The summed E-state index contributed by atoms with van der Waals surface area (Å²) in [4.78, 5) is 72.6. The fourth-order valence-corrected chi connectivity index (χ4v) is 12.7. The third-order valence-electron chi connectivity index (χ3n) is 17.4. The monoisotopic (exact) mass is 1370 g/mol. The van der Waals surface area contributed by atoms with E-state index in [1.54, 1.807) is 0 Å². The van der Waals surface area contributed by atoms with Crippen LogP contribution in [0, 0.1) is 23.7 Å². The molecule has 0 aromatic rings. The van der Waals surface area contributed by atoms with E-state index in [0.717, 1.165) is 108 Å². The number of phosphoric acid groups is 2. The summed E-state index contributed by atoms with van der Waals surface area (Å²) in [6, 6.07) is 0. The van der Waals surface area contributed by atoms with Crippen molar-refractivity contribution >= 4 is 39.5 Å². The Morgan fingerprint density at radius 1 is 0.301 bits per heavy atom. The summed E-state index contributed by atoms with van der Waals surface area (Å²) in [5.41, 5.74) is 0. The molecule has 0 bridgehead atoms. The summed E-state index contributed by atoms with van der Waals surface area (Å²) < 4.78 is 68.4. The zero-order chi connectivity index (χ0) is 68.9. The Morgan fingerprint density at radius 3 is 0.763 bits per heavy atom. The van der Waals surface area contributed by atoms with Crippen LogP contribution in [0.2, 0.25) is 0 Å². The number of hydrogen-bond donors (Lipinski definition) is 3. The van der Waals surface area contributed by atoms with Gasteiger partial charge >= 0.3 is 39.5 Å². The van der Waals surface area contributed by atoms with E-state index in [0.29, 0.717) is 37.5 Å². The lowest BCUT2D eigenvalue weighted by Gasteiger charge is -2.21. The first-order chi connectivity index (χ1) is 44.6. The van der Waals surface area contributed by atoms with Crippen LogP contribution in [0.1, 0.15) is 370 Å². The average Bonchev–Trinajstić information content (AvgIpc) is 2.14. The maximum absolute atomic E-state index is 13.0. The third kappa shape index (κ3) is 67.0. The predicted molar refractivity (Wildman–Crippen MR) is 377 cm³/mol. The van der Waals surface area contributed by atoms with Crippen LogP contribution in [0.4, 0.5) is 0 Å². The lowest BCUT2D eigenvalue weighted by Crippen LogP contribution is -2.30. The van der Waals surface area contributed by atoms with Crippen molar-refractivity contribution in [3.05, 3.63) is 0 Å². The number of rotatable bonds is 71. The molecule has 19 heteroatoms. The topological polar surface area (TPSA) is 237 Å². The molecule has 0 spiro atoms. The number of carbonyl (C=O) groups excluding carboxylic acids is 4. The minimum Gasteiger partial charge on any atom is -0.462 e. The minimum atomic E-state index is -4.95. The van der Waals surface area contributed by atoms with Crippen molar-refractivity contribution in [2.45, 2.75) is 388 Å². The van der Waals surface area contributed by atoms with Crippen molar-refractivity contribution < 1.29 is 80.2 Å². The molecule has 0 rings (SSSR count). The van der Waals surface area contributed by atoms with Crippen molar-refractivity contribution in [1.29, 1.82) is 0 Å². The molecule has 6 atom stereocenters. The molecule has 552 valence electrons. The molecule has 0 amide bonds. The molecule has 0 radical (unpaired) electrons. The molecule has 0 saturated heterocycles. The van der Waals surface area contributed by atoms with Crippen LogP contribution in [-0.4, -0.2) is 96.7 Å². The van der Waals surface area contributed by atoms with Gasteiger partial charge in [0, 0.05) is 25.7 Å². The first-order valence-electron chi connectivity index (χ1n) is 38.2. The van der Waals surface area contributed by atoms with Crippen LogP contribution in [-0.2, 0) is 65.4 Å². The van der Waals surface area contributed by atoms with Crippen LogP contribution in [0.3, 0.4) is 0 Å². The molecule has 0 aliphatic heterocycles. The number of unbranched alkanes of at least 4 members (excludes halogenated alkanes) is 36. The first kappa shape index (κ1) is 91.1. The molecule has 0 aliphatic carbocycles. The quantitative estimate of drug-likeness (QED) is 0.0222. The summed E-state index contributed by atoms with van der Waals surface area (Å²) in [6.07, 6.45) is 47.5. The van der Waals surface area contributed by atoms with Crippen molar-refractivity contribution in [2.24, 2.45) is 23.7 Å². The normalized spacial score (nSPS) is 14.5. The van der Waals surface area contributed by atoms with Crippen molar-refractivity contribution in [1.82, 2.24) is 0 Å². The summed E-state index contributed by atoms with van der Waals surface area (Å²) in [7, 11) is -9.91. The second kappa shape index (κ2) is 63.5. The van der Waals surface area contributed by atoms with Crippen LogP contribution in [0.5, 0.6) is 0 Å². The van der Waals surface area contributed by atoms with E-state index in [-0.39, 0.29) is 25.7 Å². The molecule has 93 heavy (non-hydrogen) atoms. The standard InChI is InChI=1S/C74H144O17P2/c1-9-67(8)53-45-37-29-22-23-30-38-46-54-71(76)84-60-70(91-74(79)57-49-41-33-25-28-36-44-52-66(6)7)63-89-93(82,83)87-59-68(75)58-86-92(80,81)88-62-69(61-85-72(77)55-47-39-32-24-27-35-43-51-65(4)5)90-73(78)56-48-40-31-21-19-17-15-13-11-10-12-14-16-18-20-26-34-42-50-64(2)3/h64-70,75H,9-63H2,1-8H3,(H,80,81)(H,82,83)/t67?,68?,69-,70-/m1/s1. The van der Waals surface area contributed by atoms with E-state index in [1.807, 2.05) is 0 Å². The van der Waals surface area contributed by atoms with Gasteiger partial charge in [-0.15, -0.1) is 0 Å². The molecule has 0 aliphatic rings. The highest BCUT2D eigenvalue weighted by Crippen LogP contribution is 2.45. The first-order valence-corrected chi connectivity index (χ1v) is 41.2. The Balaban J connectivity index is 5.17. The van der Waals surface area contributed by atoms with E-state index < -0.39 is 97.5 Å². The lowest BCUT2D eigenvalue weighted by molar-refractivity contribution is -0.161. The van der Waals surface area contributed by atoms with Gasteiger partial charge in [-0.2, -0.15) is 0 Å². The van der Waals surface area contributed by atoms with Gasteiger partial charge in [-0.25, -0.2) is 9.13 Å². The zero-order valence-corrected chi connectivity index (χ0v) is 62.7. The van der Waals surface area contributed by atoms with Crippen LogP contribution in [0.25, 0.3) is 0 Å². The number of phosphoric ester groups is 2. The van der Waals surface area contributed by atoms with Gasteiger partial charge in [0.2, 0.25) is 0 Å². The number of ether oxygens (including phenoxy) is 4. The molecule has 17 nitrogen and oxygen atoms in total. The third-order valence-corrected chi connectivity index (χ3v) is 19.3. The fraction of sp³-hybridized carbons (Fsp3) is 0.946. The maximum Gasteiger partial charge on any atom is 0.472 e. The molecule has 0 heterocycles. The number of aliphatic hydroxyl groups excluding tert-OH is 1. The van der Waals surface area contributed by atoms with Gasteiger partial charge < -0.3 is 33.8 Å². The maximum atomic E-state index is 13.0. The zero-order valence-electron chi connectivity index (χ0n) is 60.9. The summed E-state index contributed by atoms with van der Waals surface area (Å²) in [6.45, 7) is 14.1. The summed E-state index contributed by atoms with van der Waals surface area (Å²) >= 11 is 0. The van der Waals surface area contributed by atoms with Gasteiger partial charge in [-0.3, -0.25) is 37.3 Å². The van der Waals surface area contributed by atoms with Crippen molar-refractivity contribution in [2.75, 3.05) is 39.6 Å². The van der Waals surface area contributed by atoms with Crippen LogP contribution >= 0.6 is 15.6 Å². The SMILES string of the molecule is CCC(C)CCCCCCCCCCC(=O)OC[C@H](COP(=O)(O)OCC(O)COP(=O)(O)OC[C@@H](COC(=O)CCCCCCCCCC(C)C)OC(=O)CCCCCCCCCCCCCCCCCCCCC(C)C)OC(=O)CCCCCCCCCC(C)C. The summed E-state index contributed by atoms with van der Waals surface area (Å²) in [5.74, 6) is 0.870. The minimum absolute atomic E-state index is 0.103. The average molecular weight is 1370 g/mol. The van der Waals surface area contributed by atoms with Crippen molar-refractivity contribution in [3.8, 4) is 0 Å². The van der Waals surface area contributed by atoms with E-state index in [4.69, 9.17) is 37.0 Å². The van der Waals surface area contributed by atoms with Gasteiger partial charge in [0.15, 0.2) is 12.2 Å². The van der Waals surface area contributed by atoms with Crippen molar-refractivity contribution in [3.63, 3.8) is 0 Å². The van der Waals surface area contributed by atoms with Gasteiger partial charge in [-0.05, 0) is 49.4 Å². The summed E-state index contributed by atoms with van der Waals surface area (Å²) in [5, 5.41) is 10.6. The highest BCUT2D eigenvalue weighted by atomic mass is 31.2. The van der Waals surface area contributed by atoms with Gasteiger partial charge in [0.25, 0.3) is 0 Å². The molecule has 0 aromatic heterocycles. The second-order valence-corrected chi connectivity index (χ2v) is 31.3. The molecule has 0 fully saturated rings. The lowest BCUT2D eigenvalue weighted by atomic mass is 9.99. The predicted octanol–water partition coefficient (Wildman–Crippen LogP) is 21.3. The Labute approximate surface area is 568 Å². The molecular weight excluding hydrogens is 1220 g/mol. The Bertz CT molecular complexity index is 1840. The number of esters is 4. The smallest absolute Gasteiger partial charge is 0.462 e. The van der Waals surface area contributed by atoms with E-state index in [9.17, 15) is 43.2 Å². The van der Waals surface area contributed by atoms with Gasteiger partial charge in [0.05, 0.1) is 26.4 Å². The highest BCUT2D eigenvalue weighted by Gasteiger charge is 2.30. The molecule has 4 unspecified atom stereocenters. The number of carbonyl (C=O) groups is 4. The van der Waals surface area contributed by atoms with E-state index >= 15 is 0 Å². The van der Waals surface area contributed by atoms with Gasteiger partial charge in [0.1, 0.15) is 19.3 Å². The van der Waals surface area contributed by atoms with E-state index in [1.165, 1.54) is 167 Å². The van der Waals surface area contributed by atoms with Gasteiger partial charge in [-0.1, -0.05) is 319 Å². The van der Waals surface area contributed by atoms with Crippen LogP contribution < -0.4 is 0 Å².